The number of hydrogen-bond acceptors (Lipinski definition) is 3. The first-order valence-corrected chi connectivity index (χ1v) is 7.70. The standard InChI is InChI=1S/C15H24BrN3O2/c1-17-15(18-8-9-21-11-10-20-3)19(2)12-13-6-4-5-7-14(13)16/h4-7H,8-12H2,1-3H3,(H,17,18). The fourth-order valence-corrected chi connectivity index (χ4v) is 2.23. The maximum absolute atomic E-state index is 5.42. The number of nitrogens with one attached hydrogen (secondary N) is 1. The number of aliphatic imine (C=N–C) groups is 1. The molecule has 0 aliphatic carbocycles. The predicted octanol–water partition coefficient (Wildman–Crippen LogP) is 2.12. The minimum absolute atomic E-state index is 0.615. The molecule has 0 atom stereocenters. The highest BCUT2D eigenvalue weighted by Crippen LogP contribution is 2.17. The Hall–Kier alpha value is -1.11. The fraction of sp³-hybridized carbons (Fsp3) is 0.533. The van der Waals surface area contributed by atoms with Crippen molar-refractivity contribution >= 4 is 21.9 Å². The lowest BCUT2D eigenvalue weighted by molar-refractivity contribution is 0.0731. The molecule has 0 bridgehead atoms. The third kappa shape index (κ3) is 6.93. The molecule has 0 amide bonds. The van der Waals surface area contributed by atoms with Crippen molar-refractivity contribution in [3.63, 3.8) is 0 Å². The van der Waals surface area contributed by atoms with E-state index >= 15 is 0 Å². The Kier molecular flexibility index (Phi) is 9.05. The number of rotatable bonds is 8. The Balaban J connectivity index is 2.36. The van der Waals surface area contributed by atoms with Gasteiger partial charge in [-0.2, -0.15) is 0 Å². The molecule has 21 heavy (non-hydrogen) atoms. The number of halogens is 1. The lowest BCUT2D eigenvalue weighted by Gasteiger charge is -2.22. The zero-order valence-electron chi connectivity index (χ0n) is 12.9. The zero-order chi connectivity index (χ0) is 15.5. The summed E-state index contributed by atoms with van der Waals surface area (Å²) >= 11 is 3.56. The van der Waals surface area contributed by atoms with Gasteiger partial charge in [-0.15, -0.1) is 0 Å². The van der Waals surface area contributed by atoms with E-state index in [4.69, 9.17) is 9.47 Å². The van der Waals surface area contributed by atoms with E-state index in [1.165, 1.54) is 5.56 Å². The van der Waals surface area contributed by atoms with Crippen molar-refractivity contribution in [2.24, 2.45) is 4.99 Å². The molecule has 0 aromatic heterocycles. The monoisotopic (exact) mass is 357 g/mol. The van der Waals surface area contributed by atoms with Gasteiger partial charge in [-0.3, -0.25) is 4.99 Å². The summed E-state index contributed by atoms with van der Waals surface area (Å²) < 4.78 is 11.4. The molecular weight excluding hydrogens is 334 g/mol. The minimum Gasteiger partial charge on any atom is -0.382 e. The van der Waals surface area contributed by atoms with Crippen LogP contribution in [0.25, 0.3) is 0 Å². The number of guanidine groups is 1. The van der Waals surface area contributed by atoms with E-state index in [0.29, 0.717) is 19.8 Å². The van der Waals surface area contributed by atoms with Gasteiger partial charge in [0.2, 0.25) is 0 Å². The first-order valence-electron chi connectivity index (χ1n) is 6.91. The number of hydrogen-bond donors (Lipinski definition) is 1. The van der Waals surface area contributed by atoms with Gasteiger partial charge in [0.05, 0.1) is 19.8 Å². The van der Waals surface area contributed by atoms with Crippen molar-refractivity contribution in [3.05, 3.63) is 34.3 Å². The summed E-state index contributed by atoms with van der Waals surface area (Å²) in [5, 5.41) is 3.28. The van der Waals surface area contributed by atoms with Crippen molar-refractivity contribution < 1.29 is 9.47 Å². The zero-order valence-corrected chi connectivity index (χ0v) is 14.5. The van der Waals surface area contributed by atoms with Crippen LogP contribution in [0.4, 0.5) is 0 Å². The molecule has 0 aliphatic heterocycles. The van der Waals surface area contributed by atoms with Crippen molar-refractivity contribution in [2.45, 2.75) is 6.54 Å². The van der Waals surface area contributed by atoms with Gasteiger partial charge in [-0.25, -0.2) is 0 Å². The van der Waals surface area contributed by atoms with Gasteiger partial charge in [0.25, 0.3) is 0 Å². The summed E-state index contributed by atoms with van der Waals surface area (Å²) in [5.74, 6) is 0.848. The van der Waals surface area contributed by atoms with Crippen LogP contribution in [0.3, 0.4) is 0 Å². The highest BCUT2D eigenvalue weighted by molar-refractivity contribution is 9.10. The van der Waals surface area contributed by atoms with E-state index in [2.05, 4.69) is 37.2 Å². The smallest absolute Gasteiger partial charge is 0.193 e. The third-order valence-electron chi connectivity index (χ3n) is 2.90. The molecule has 0 aliphatic rings. The molecule has 0 heterocycles. The van der Waals surface area contributed by atoms with E-state index in [1.807, 2.05) is 25.2 Å². The minimum atomic E-state index is 0.615. The van der Waals surface area contributed by atoms with E-state index in [0.717, 1.165) is 23.5 Å². The van der Waals surface area contributed by atoms with Gasteiger partial charge < -0.3 is 19.7 Å². The number of ether oxygens (including phenoxy) is 2. The van der Waals surface area contributed by atoms with Crippen molar-refractivity contribution in [1.82, 2.24) is 10.2 Å². The second kappa shape index (κ2) is 10.6. The van der Waals surface area contributed by atoms with E-state index in [-0.39, 0.29) is 0 Å². The number of nitrogens with zero attached hydrogens (tertiary/aromatic N) is 2. The topological polar surface area (TPSA) is 46.1 Å². The maximum Gasteiger partial charge on any atom is 0.193 e. The molecule has 1 aromatic carbocycles. The van der Waals surface area contributed by atoms with Crippen LogP contribution in [-0.2, 0) is 16.0 Å². The van der Waals surface area contributed by atoms with Crippen molar-refractivity contribution in [2.75, 3.05) is 47.6 Å². The van der Waals surface area contributed by atoms with Gasteiger partial charge in [-0.05, 0) is 11.6 Å². The van der Waals surface area contributed by atoms with Crippen molar-refractivity contribution in [1.29, 1.82) is 0 Å². The summed E-state index contributed by atoms with van der Waals surface area (Å²) in [6, 6.07) is 8.19. The molecule has 0 saturated carbocycles. The van der Waals surface area contributed by atoms with Crippen molar-refractivity contribution in [3.8, 4) is 0 Å². The summed E-state index contributed by atoms with van der Waals surface area (Å²) in [5.41, 5.74) is 1.22. The maximum atomic E-state index is 5.42. The molecule has 0 saturated heterocycles. The molecule has 0 fully saturated rings. The summed E-state index contributed by atoms with van der Waals surface area (Å²) in [6.07, 6.45) is 0. The molecule has 0 unspecified atom stereocenters. The molecule has 0 radical (unpaired) electrons. The SMILES string of the molecule is CN=C(NCCOCCOC)N(C)Cc1ccccc1Br. The molecule has 1 rings (SSSR count). The third-order valence-corrected chi connectivity index (χ3v) is 3.67. The Labute approximate surface area is 135 Å². The second-order valence-corrected chi connectivity index (χ2v) is 5.38. The van der Waals surface area contributed by atoms with E-state index in [9.17, 15) is 0 Å². The van der Waals surface area contributed by atoms with Crippen LogP contribution in [0.5, 0.6) is 0 Å². The van der Waals surface area contributed by atoms with Crippen LogP contribution in [0.2, 0.25) is 0 Å². The second-order valence-electron chi connectivity index (χ2n) is 4.53. The average molecular weight is 358 g/mol. The molecule has 1 N–H and O–H groups in total. The normalized spacial score (nSPS) is 11.5. The molecule has 1 aromatic rings. The lowest BCUT2D eigenvalue weighted by Crippen LogP contribution is -2.40. The van der Waals surface area contributed by atoms with Gasteiger partial charge >= 0.3 is 0 Å². The van der Waals surface area contributed by atoms with Crippen LogP contribution in [0, 0.1) is 0 Å². The predicted molar refractivity (Wildman–Crippen MR) is 89.7 cm³/mol. The Bertz CT molecular complexity index is 441. The summed E-state index contributed by atoms with van der Waals surface area (Å²) in [7, 11) is 5.46. The molecule has 0 spiro atoms. The average Bonchev–Trinajstić information content (AvgIpc) is 2.49. The summed E-state index contributed by atoms with van der Waals surface area (Å²) in [4.78, 5) is 6.36. The van der Waals surface area contributed by atoms with E-state index < -0.39 is 0 Å². The van der Waals surface area contributed by atoms with Crippen LogP contribution in [0.15, 0.2) is 33.7 Å². The quantitative estimate of drug-likeness (QED) is 0.439. The van der Waals surface area contributed by atoms with Crippen LogP contribution in [0.1, 0.15) is 5.56 Å². The number of methoxy groups -OCH3 is 1. The highest BCUT2D eigenvalue weighted by Gasteiger charge is 2.07. The van der Waals surface area contributed by atoms with Gasteiger partial charge in [0.1, 0.15) is 0 Å². The van der Waals surface area contributed by atoms with Crippen LogP contribution in [-0.4, -0.2) is 58.4 Å². The Morgan fingerprint density at radius 1 is 1.29 bits per heavy atom. The van der Waals surface area contributed by atoms with Crippen LogP contribution >= 0.6 is 15.9 Å². The highest BCUT2D eigenvalue weighted by atomic mass is 79.9. The van der Waals surface area contributed by atoms with Gasteiger partial charge in [0.15, 0.2) is 5.96 Å². The van der Waals surface area contributed by atoms with Crippen LogP contribution < -0.4 is 5.32 Å². The largest absolute Gasteiger partial charge is 0.382 e. The Morgan fingerprint density at radius 3 is 2.71 bits per heavy atom. The number of benzene rings is 1. The van der Waals surface area contributed by atoms with Gasteiger partial charge in [0, 0.05) is 38.8 Å². The first-order chi connectivity index (χ1) is 10.2. The van der Waals surface area contributed by atoms with Gasteiger partial charge in [-0.1, -0.05) is 34.1 Å². The lowest BCUT2D eigenvalue weighted by atomic mass is 10.2. The van der Waals surface area contributed by atoms with E-state index in [1.54, 1.807) is 14.2 Å². The molecule has 118 valence electrons. The first kappa shape index (κ1) is 17.9. The Morgan fingerprint density at radius 2 is 2.05 bits per heavy atom. The fourth-order valence-electron chi connectivity index (χ4n) is 1.82. The molecular formula is C15H24BrN3O2. The molecule has 5 nitrogen and oxygen atoms in total. The summed E-state index contributed by atoms with van der Waals surface area (Å²) in [6.45, 7) is 3.37. The molecule has 6 heteroatoms.